The van der Waals surface area contributed by atoms with Gasteiger partial charge in [0.2, 0.25) is 0 Å². The number of nitrogens with zero attached hydrogens (tertiary/aromatic N) is 3. The van der Waals surface area contributed by atoms with Crippen molar-refractivity contribution < 1.29 is 0 Å². The fourth-order valence-electron chi connectivity index (χ4n) is 2.43. The van der Waals surface area contributed by atoms with Crippen LogP contribution in [-0.2, 0) is 0 Å². The van der Waals surface area contributed by atoms with Crippen molar-refractivity contribution >= 4 is 39.4 Å². The Morgan fingerprint density at radius 1 is 1.00 bits per heavy atom. The van der Waals surface area contributed by atoms with E-state index in [9.17, 15) is 0 Å². The van der Waals surface area contributed by atoms with E-state index in [0.29, 0.717) is 10.8 Å². The summed E-state index contributed by atoms with van der Waals surface area (Å²) < 4.78 is 1.74. The molecule has 0 saturated heterocycles. The lowest BCUT2D eigenvalue weighted by molar-refractivity contribution is 0.905. The normalized spacial score (nSPS) is 11.3. The van der Waals surface area contributed by atoms with Gasteiger partial charge in [-0.05, 0) is 36.4 Å². The van der Waals surface area contributed by atoms with Crippen LogP contribution in [0.4, 0.5) is 5.82 Å². The lowest BCUT2D eigenvalue weighted by Gasteiger charge is -2.03. The first-order valence-corrected chi connectivity index (χ1v) is 6.90. The first-order chi connectivity index (χ1) is 10.2. The summed E-state index contributed by atoms with van der Waals surface area (Å²) in [6, 6.07) is 17.4. The molecule has 2 aromatic carbocycles. The van der Waals surface area contributed by atoms with Gasteiger partial charge in [-0.2, -0.15) is 0 Å². The largest absolute Gasteiger partial charge is 0.382 e. The fraction of sp³-hybridized carbons (Fsp3) is 0. The lowest BCUT2D eigenvalue weighted by atomic mass is 10.2. The fourth-order valence-corrected chi connectivity index (χ4v) is 2.55. The Morgan fingerprint density at radius 2 is 1.76 bits per heavy atom. The van der Waals surface area contributed by atoms with Crippen LogP contribution in [0.5, 0.6) is 0 Å². The molecular formula is C16H11ClN4. The van der Waals surface area contributed by atoms with Crippen LogP contribution >= 0.6 is 11.6 Å². The van der Waals surface area contributed by atoms with E-state index in [4.69, 9.17) is 17.3 Å². The zero-order chi connectivity index (χ0) is 14.4. The van der Waals surface area contributed by atoms with Gasteiger partial charge in [-0.25, -0.2) is 9.67 Å². The van der Waals surface area contributed by atoms with E-state index in [2.05, 4.69) is 10.1 Å². The highest BCUT2D eigenvalue weighted by Crippen LogP contribution is 2.26. The van der Waals surface area contributed by atoms with Gasteiger partial charge in [-0.15, -0.1) is 5.10 Å². The van der Waals surface area contributed by atoms with Gasteiger partial charge in [0.05, 0.1) is 16.6 Å². The van der Waals surface area contributed by atoms with Crippen molar-refractivity contribution in [1.29, 1.82) is 0 Å². The van der Waals surface area contributed by atoms with Crippen LogP contribution in [0.2, 0.25) is 5.02 Å². The molecule has 0 radical (unpaired) electrons. The number of halogens is 1. The Hall–Kier alpha value is -2.59. The number of fused-ring (bicyclic) bond motifs is 2. The van der Waals surface area contributed by atoms with Crippen LogP contribution in [0.15, 0.2) is 54.6 Å². The number of para-hydroxylation sites is 1. The van der Waals surface area contributed by atoms with Crippen LogP contribution in [0, 0.1) is 0 Å². The standard InChI is InChI=1S/C16H11ClN4/c17-11-5-7-12(8-6-11)21-16-13(15(18)20-21)9-10-3-1-2-4-14(10)19-16/h1-9H,(H2,18,20). The molecule has 0 atom stereocenters. The van der Waals surface area contributed by atoms with Crippen molar-refractivity contribution in [2.75, 3.05) is 5.73 Å². The first-order valence-electron chi connectivity index (χ1n) is 6.52. The number of aromatic nitrogens is 3. The minimum atomic E-state index is 0.471. The van der Waals surface area contributed by atoms with Gasteiger partial charge in [0.1, 0.15) is 0 Å². The number of anilines is 1. The molecule has 102 valence electrons. The second-order valence-corrected chi connectivity index (χ2v) is 5.26. The minimum Gasteiger partial charge on any atom is -0.382 e. The molecule has 2 N–H and O–H groups in total. The van der Waals surface area contributed by atoms with Crippen molar-refractivity contribution in [3.63, 3.8) is 0 Å². The maximum absolute atomic E-state index is 6.04. The Bertz CT molecular complexity index is 957. The van der Waals surface area contributed by atoms with Gasteiger partial charge in [0.25, 0.3) is 0 Å². The summed E-state index contributed by atoms with van der Waals surface area (Å²) in [5, 5.41) is 6.98. The van der Waals surface area contributed by atoms with Gasteiger partial charge in [0, 0.05) is 10.4 Å². The summed E-state index contributed by atoms with van der Waals surface area (Å²) in [7, 11) is 0. The Labute approximate surface area is 125 Å². The molecule has 0 saturated carbocycles. The van der Waals surface area contributed by atoms with E-state index in [1.165, 1.54) is 0 Å². The van der Waals surface area contributed by atoms with E-state index in [1.807, 2.05) is 54.6 Å². The maximum atomic E-state index is 6.04. The van der Waals surface area contributed by atoms with E-state index >= 15 is 0 Å². The SMILES string of the molecule is Nc1nn(-c2ccc(Cl)cc2)c2nc3ccccc3cc12. The molecule has 2 heterocycles. The quantitative estimate of drug-likeness (QED) is 0.581. The third-order valence-electron chi connectivity index (χ3n) is 3.46. The molecular weight excluding hydrogens is 284 g/mol. The third kappa shape index (κ3) is 1.92. The zero-order valence-corrected chi connectivity index (χ0v) is 11.7. The number of nitrogen functional groups attached to an aromatic ring is 1. The lowest BCUT2D eigenvalue weighted by Crippen LogP contribution is -1.98. The molecule has 0 bridgehead atoms. The highest BCUT2D eigenvalue weighted by atomic mass is 35.5. The molecule has 0 spiro atoms. The van der Waals surface area contributed by atoms with Crippen molar-refractivity contribution in [2.24, 2.45) is 0 Å². The summed E-state index contributed by atoms with van der Waals surface area (Å²) in [6.45, 7) is 0. The van der Waals surface area contributed by atoms with Crippen molar-refractivity contribution in [2.45, 2.75) is 0 Å². The molecule has 0 amide bonds. The number of benzene rings is 2. The van der Waals surface area contributed by atoms with Crippen LogP contribution < -0.4 is 5.73 Å². The minimum absolute atomic E-state index is 0.471. The molecule has 4 rings (SSSR count). The van der Waals surface area contributed by atoms with E-state index < -0.39 is 0 Å². The maximum Gasteiger partial charge on any atom is 0.165 e. The number of hydrogen-bond acceptors (Lipinski definition) is 3. The molecule has 4 aromatic rings. The van der Waals surface area contributed by atoms with Crippen LogP contribution in [0.25, 0.3) is 27.6 Å². The molecule has 0 aliphatic carbocycles. The Balaban J connectivity index is 2.05. The van der Waals surface area contributed by atoms with Crippen LogP contribution in [-0.4, -0.2) is 14.8 Å². The number of pyridine rings is 1. The molecule has 0 unspecified atom stereocenters. The molecule has 21 heavy (non-hydrogen) atoms. The number of hydrogen-bond donors (Lipinski definition) is 1. The summed E-state index contributed by atoms with van der Waals surface area (Å²) >= 11 is 5.93. The summed E-state index contributed by atoms with van der Waals surface area (Å²) in [5.41, 5.74) is 8.58. The smallest absolute Gasteiger partial charge is 0.165 e. The van der Waals surface area contributed by atoms with Crippen molar-refractivity contribution in [1.82, 2.24) is 14.8 Å². The Morgan fingerprint density at radius 3 is 2.57 bits per heavy atom. The predicted molar refractivity (Wildman–Crippen MR) is 85.8 cm³/mol. The highest BCUT2D eigenvalue weighted by molar-refractivity contribution is 6.30. The summed E-state index contributed by atoms with van der Waals surface area (Å²) in [5.74, 6) is 0.471. The average Bonchev–Trinajstić information content (AvgIpc) is 2.83. The molecule has 5 heteroatoms. The molecule has 2 aromatic heterocycles. The van der Waals surface area contributed by atoms with E-state index in [-0.39, 0.29) is 0 Å². The van der Waals surface area contributed by atoms with Gasteiger partial charge in [-0.3, -0.25) is 0 Å². The van der Waals surface area contributed by atoms with E-state index in [0.717, 1.165) is 27.6 Å². The topological polar surface area (TPSA) is 56.7 Å². The summed E-state index contributed by atoms with van der Waals surface area (Å²) in [4.78, 5) is 4.68. The highest BCUT2D eigenvalue weighted by Gasteiger charge is 2.12. The van der Waals surface area contributed by atoms with Gasteiger partial charge >= 0.3 is 0 Å². The molecule has 4 nitrogen and oxygen atoms in total. The van der Waals surface area contributed by atoms with Crippen molar-refractivity contribution in [3.05, 3.63) is 59.6 Å². The van der Waals surface area contributed by atoms with Gasteiger partial charge < -0.3 is 5.73 Å². The van der Waals surface area contributed by atoms with E-state index in [1.54, 1.807) is 4.68 Å². The van der Waals surface area contributed by atoms with Gasteiger partial charge in [-0.1, -0.05) is 29.8 Å². The summed E-state index contributed by atoms with van der Waals surface area (Å²) in [6.07, 6.45) is 0. The second-order valence-electron chi connectivity index (χ2n) is 4.83. The molecule has 0 fully saturated rings. The Kier molecular flexibility index (Phi) is 2.59. The molecule has 0 aliphatic heterocycles. The monoisotopic (exact) mass is 294 g/mol. The second kappa shape index (κ2) is 4.46. The number of nitrogens with two attached hydrogens (primary N) is 1. The van der Waals surface area contributed by atoms with Crippen LogP contribution in [0.1, 0.15) is 0 Å². The van der Waals surface area contributed by atoms with Gasteiger partial charge in [0.15, 0.2) is 11.5 Å². The predicted octanol–water partition coefficient (Wildman–Crippen LogP) is 3.81. The number of rotatable bonds is 1. The first kappa shape index (κ1) is 12.2. The third-order valence-corrected chi connectivity index (χ3v) is 3.71. The van der Waals surface area contributed by atoms with Crippen molar-refractivity contribution in [3.8, 4) is 5.69 Å². The van der Waals surface area contributed by atoms with Crippen LogP contribution in [0.3, 0.4) is 0 Å². The zero-order valence-electron chi connectivity index (χ0n) is 11.0. The molecule has 0 aliphatic rings. The average molecular weight is 295 g/mol.